The second-order valence-electron chi connectivity index (χ2n) is 6.05. The van der Waals surface area contributed by atoms with Crippen molar-refractivity contribution in [3.05, 3.63) is 47.5 Å². The number of nitrogens with two attached hydrogens (primary N) is 1. The molecule has 0 bridgehead atoms. The Labute approximate surface area is 151 Å². The van der Waals surface area contributed by atoms with E-state index in [-0.39, 0.29) is 12.0 Å². The quantitative estimate of drug-likeness (QED) is 0.766. The Morgan fingerprint density at radius 2 is 2.08 bits per heavy atom. The summed E-state index contributed by atoms with van der Waals surface area (Å²) in [5, 5.41) is 5.30. The monoisotopic (exact) mass is 355 g/mol. The largest absolute Gasteiger partial charge is 0.492 e. The average Bonchev–Trinajstić information content (AvgIpc) is 2.94. The van der Waals surface area contributed by atoms with Gasteiger partial charge in [-0.05, 0) is 38.1 Å². The van der Waals surface area contributed by atoms with Crippen molar-refractivity contribution in [1.82, 2.24) is 0 Å². The van der Waals surface area contributed by atoms with Crippen molar-refractivity contribution in [1.29, 1.82) is 0 Å². The highest BCUT2D eigenvalue weighted by molar-refractivity contribution is 6.06. The summed E-state index contributed by atoms with van der Waals surface area (Å²) in [6.07, 6.45) is 0.909. The van der Waals surface area contributed by atoms with Gasteiger partial charge < -0.3 is 25.8 Å². The minimum absolute atomic E-state index is 0.0991. The van der Waals surface area contributed by atoms with Crippen molar-refractivity contribution in [2.45, 2.75) is 26.4 Å². The van der Waals surface area contributed by atoms with Crippen molar-refractivity contribution < 1.29 is 19.1 Å². The van der Waals surface area contributed by atoms with Gasteiger partial charge in [0.2, 0.25) is 0 Å². The molecule has 26 heavy (non-hydrogen) atoms. The Morgan fingerprint density at radius 3 is 2.81 bits per heavy atom. The van der Waals surface area contributed by atoms with Gasteiger partial charge in [0.1, 0.15) is 17.6 Å². The molecule has 0 aliphatic carbocycles. The molecule has 0 fully saturated rings. The van der Waals surface area contributed by atoms with Crippen molar-refractivity contribution in [3.8, 4) is 11.5 Å². The lowest BCUT2D eigenvalue weighted by Crippen LogP contribution is -2.20. The summed E-state index contributed by atoms with van der Waals surface area (Å²) >= 11 is 0. The molecule has 4 N–H and O–H groups in total. The molecule has 0 aromatic heterocycles. The highest BCUT2D eigenvalue weighted by Gasteiger charge is 2.22. The fraction of sp³-hybridized carbons (Fsp3) is 0.263. The Bertz CT molecular complexity index is 851. The molecule has 1 unspecified atom stereocenters. The summed E-state index contributed by atoms with van der Waals surface area (Å²) in [4.78, 5) is 23.6. The van der Waals surface area contributed by atoms with E-state index in [0.717, 1.165) is 17.7 Å². The molecule has 2 aromatic carbocycles. The number of primary amides is 1. The van der Waals surface area contributed by atoms with Crippen molar-refractivity contribution in [2.24, 2.45) is 5.73 Å². The average molecular weight is 355 g/mol. The molecule has 7 heteroatoms. The summed E-state index contributed by atoms with van der Waals surface area (Å²) in [5.41, 5.74) is 7.54. The fourth-order valence-electron chi connectivity index (χ4n) is 2.89. The number of amides is 3. The number of carbonyl (C=O) groups is 2. The molecule has 0 spiro atoms. The van der Waals surface area contributed by atoms with E-state index in [1.165, 1.54) is 0 Å². The normalized spacial score (nSPS) is 14.9. The van der Waals surface area contributed by atoms with E-state index in [1.807, 2.05) is 19.9 Å². The van der Waals surface area contributed by atoms with Crippen LogP contribution in [-0.4, -0.2) is 24.6 Å². The van der Waals surface area contributed by atoms with Crippen LogP contribution < -0.4 is 25.8 Å². The third kappa shape index (κ3) is 3.88. The first-order valence-corrected chi connectivity index (χ1v) is 8.40. The van der Waals surface area contributed by atoms with Crippen LogP contribution in [0.2, 0.25) is 0 Å². The second kappa shape index (κ2) is 7.35. The van der Waals surface area contributed by atoms with Crippen molar-refractivity contribution in [3.63, 3.8) is 0 Å². The van der Waals surface area contributed by atoms with Crippen LogP contribution in [0.4, 0.5) is 16.2 Å². The Morgan fingerprint density at radius 1 is 1.27 bits per heavy atom. The maximum atomic E-state index is 12.6. The van der Waals surface area contributed by atoms with Gasteiger partial charge in [0.15, 0.2) is 0 Å². The van der Waals surface area contributed by atoms with Gasteiger partial charge in [-0.1, -0.05) is 6.07 Å². The van der Waals surface area contributed by atoms with Crippen LogP contribution >= 0.6 is 0 Å². The first-order valence-electron chi connectivity index (χ1n) is 8.40. The first-order chi connectivity index (χ1) is 12.5. The maximum Gasteiger partial charge on any atom is 0.316 e. The second-order valence-corrected chi connectivity index (χ2v) is 6.05. The van der Waals surface area contributed by atoms with Gasteiger partial charge in [0.05, 0.1) is 12.3 Å². The molecule has 3 rings (SSSR count). The van der Waals surface area contributed by atoms with Crippen molar-refractivity contribution >= 4 is 23.3 Å². The molecule has 1 aliphatic rings. The molecule has 0 radical (unpaired) electrons. The summed E-state index contributed by atoms with van der Waals surface area (Å²) in [5.74, 6) is 1.02. The van der Waals surface area contributed by atoms with E-state index in [9.17, 15) is 9.59 Å². The lowest BCUT2D eigenvalue weighted by molar-refractivity contribution is 0.102. The van der Waals surface area contributed by atoms with Crippen LogP contribution in [0.1, 0.15) is 29.8 Å². The standard InChI is InChI=1S/C19H21N3O4/c1-3-25-17-9-13-7-11(2)26-16(13)10-15(17)22-18(23)12-5-4-6-14(8-12)21-19(20)24/h4-6,8-11H,3,7H2,1-2H3,(H,22,23)(H3,20,21,24). The molecule has 3 amide bonds. The maximum absolute atomic E-state index is 12.6. The Hall–Kier alpha value is -3.22. The number of ether oxygens (including phenoxy) is 2. The third-order valence-electron chi connectivity index (χ3n) is 3.94. The zero-order valence-corrected chi connectivity index (χ0v) is 14.7. The van der Waals surface area contributed by atoms with Gasteiger partial charge in [-0.2, -0.15) is 0 Å². The summed E-state index contributed by atoms with van der Waals surface area (Å²) < 4.78 is 11.4. The molecule has 136 valence electrons. The number of anilines is 2. The molecule has 0 saturated carbocycles. The minimum atomic E-state index is -0.689. The number of nitrogens with one attached hydrogen (secondary N) is 2. The minimum Gasteiger partial charge on any atom is -0.492 e. The predicted octanol–water partition coefficient (Wildman–Crippen LogP) is 3.15. The summed E-state index contributed by atoms with van der Waals surface area (Å²) in [6, 6.07) is 9.51. The van der Waals surface area contributed by atoms with Crippen molar-refractivity contribution in [2.75, 3.05) is 17.2 Å². The van der Waals surface area contributed by atoms with Crippen LogP contribution in [0.3, 0.4) is 0 Å². The van der Waals surface area contributed by atoms with E-state index in [0.29, 0.717) is 29.3 Å². The number of hydrogen-bond donors (Lipinski definition) is 3. The number of fused-ring (bicyclic) bond motifs is 1. The number of hydrogen-bond acceptors (Lipinski definition) is 4. The van der Waals surface area contributed by atoms with Crippen LogP contribution in [0.25, 0.3) is 0 Å². The van der Waals surface area contributed by atoms with Gasteiger partial charge in [-0.15, -0.1) is 0 Å². The molecule has 1 heterocycles. The molecular formula is C19H21N3O4. The van der Waals surface area contributed by atoms with E-state index in [2.05, 4.69) is 10.6 Å². The Balaban J connectivity index is 1.85. The zero-order chi connectivity index (χ0) is 18.7. The summed E-state index contributed by atoms with van der Waals surface area (Å²) in [6.45, 7) is 4.36. The Kier molecular flexibility index (Phi) is 4.97. The predicted molar refractivity (Wildman–Crippen MR) is 99.0 cm³/mol. The molecule has 0 saturated heterocycles. The first kappa shape index (κ1) is 17.6. The molecular weight excluding hydrogens is 334 g/mol. The number of carbonyl (C=O) groups excluding carboxylic acids is 2. The summed E-state index contributed by atoms with van der Waals surface area (Å²) in [7, 11) is 0. The lowest BCUT2D eigenvalue weighted by atomic mass is 10.1. The third-order valence-corrected chi connectivity index (χ3v) is 3.94. The SMILES string of the molecule is CCOc1cc2c(cc1NC(=O)c1cccc(NC(N)=O)c1)OC(C)C2. The molecule has 1 aliphatic heterocycles. The highest BCUT2D eigenvalue weighted by atomic mass is 16.5. The van der Waals surface area contributed by atoms with E-state index < -0.39 is 6.03 Å². The number of benzene rings is 2. The van der Waals surface area contributed by atoms with Gasteiger partial charge in [-0.3, -0.25) is 4.79 Å². The highest BCUT2D eigenvalue weighted by Crippen LogP contribution is 2.38. The topological polar surface area (TPSA) is 103 Å². The fourth-order valence-corrected chi connectivity index (χ4v) is 2.89. The van der Waals surface area contributed by atoms with E-state index in [1.54, 1.807) is 30.3 Å². The molecule has 1 atom stereocenters. The number of rotatable bonds is 5. The zero-order valence-electron chi connectivity index (χ0n) is 14.7. The van der Waals surface area contributed by atoms with Crippen LogP contribution in [0.15, 0.2) is 36.4 Å². The molecule has 7 nitrogen and oxygen atoms in total. The van der Waals surface area contributed by atoms with Gasteiger partial charge in [0.25, 0.3) is 5.91 Å². The number of urea groups is 1. The van der Waals surface area contributed by atoms with Crippen LogP contribution in [0.5, 0.6) is 11.5 Å². The van der Waals surface area contributed by atoms with Gasteiger partial charge in [-0.25, -0.2) is 4.79 Å². The smallest absolute Gasteiger partial charge is 0.316 e. The van der Waals surface area contributed by atoms with Gasteiger partial charge >= 0.3 is 6.03 Å². The van der Waals surface area contributed by atoms with E-state index in [4.69, 9.17) is 15.2 Å². The van der Waals surface area contributed by atoms with Gasteiger partial charge in [0, 0.05) is 29.3 Å². The lowest BCUT2D eigenvalue weighted by Gasteiger charge is -2.14. The van der Waals surface area contributed by atoms with Crippen LogP contribution in [-0.2, 0) is 6.42 Å². The van der Waals surface area contributed by atoms with Crippen LogP contribution in [0, 0.1) is 0 Å². The molecule has 2 aromatic rings. The van der Waals surface area contributed by atoms with E-state index >= 15 is 0 Å².